The highest BCUT2D eigenvalue weighted by atomic mass is 32.2. The van der Waals surface area contributed by atoms with Gasteiger partial charge in [-0.05, 0) is 127 Å². The normalized spacial score (nSPS) is 13.3. The molecule has 0 atom stereocenters. The zero-order chi connectivity index (χ0) is 46.8. The second-order valence-electron chi connectivity index (χ2n) is 18.3. The molecule has 2 aromatic heterocycles. The lowest BCUT2D eigenvalue weighted by Gasteiger charge is -2.41. The Bertz CT molecular complexity index is 3890. The summed E-state index contributed by atoms with van der Waals surface area (Å²) in [5, 5.41) is 9.91. The van der Waals surface area contributed by atoms with Gasteiger partial charge in [0.1, 0.15) is 20.7 Å². The summed E-state index contributed by atoms with van der Waals surface area (Å²) in [5.41, 5.74) is 14.0. The van der Waals surface area contributed by atoms with Crippen molar-refractivity contribution in [3.05, 3.63) is 231 Å². The van der Waals surface area contributed by atoms with Gasteiger partial charge in [0.25, 0.3) is 0 Å². The van der Waals surface area contributed by atoms with Crippen LogP contribution in [0.3, 0.4) is 0 Å². The van der Waals surface area contributed by atoms with E-state index in [1.807, 2.05) is 24.2 Å². The van der Waals surface area contributed by atoms with Gasteiger partial charge in [-0.3, -0.25) is 0 Å². The van der Waals surface area contributed by atoms with E-state index >= 15 is 0 Å². The number of hydrogen-bond acceptors (Lipinski definition) is 7. The number of anilines is 6. The summed E-state index contributed by atoms with van der Waals surface area (Å²) in [5.74, 6) is 0. The van der Waals surface area contributed by atoms with Gasteiger partial charge >= 0.3 is 0 Å². The highest BCUT2D eigenvalue weighted by Crippen LogP contribution is 2.51. The third kappa shape index (κ3) is 6.94. The Labute approximate surface area is 411 Å². The van der Waals surface area contributed by atoms with Crippen LogP contribution < -0.4 is 20.2 Å². The van der Waals surface area contributed by atoms with Crippen LogP contribution >= 0.6 is 11.8 Å². The number of hydrogen-bond donors (Lipinski definition) is 0. The Kier molecular flexibility index (Phi) is 10.1. The Morgan fingerprint density at radius 3 is 1.20 bits per heavy atom. The Morgan fingerprint density at radius 1 is 0.371 bits per heavy atom. The maximum absolute atomic E-state index is 4.56. The summed E-state index contributed by atoms with van der Waals surface area (Å²) in [6.07, 6.45) is 7.06. The first-order valence-corrected chi connectivity index (χ1v) is 27.4. The molecule has 0 radical (unpaired) electrons. The van der Waals surface area contributed by atoms with Crippen LogP contribution in [-0.2, 0) is 0 Å². The van der Waals surface area contributed by atoms with Crippen molar-refractivity contribution in [3.63, 3.8) is 0 Å². The first-order valence-electron chi connectivity index (χ1n) is 23.6. The lowest BCUT2D eigenvalue weighted by atomic mass is 9.95. The van der Waals surface area contributed by atoms with Crippen LogP contribution in [0.2, 0.25) is 13.1 Å². The summed E-state index contributed by atoms with van der Waals surface area (Å²) >= 11 is 1.83. The van der Waals surface area contributed by atoms with E-state index in [0.717, 1.165) is 27.5 Å². The van der Waals surface area contributed by atoms with Gasteiger partial charge in [0, 0.05) is 55.7 Å². The van der Waals surface area contributed by atoms with Crippen molar-refractivity contribution in [2.75, 3.05) is 9.80 Å². The lowest BCUT2D eigenvalue weighted by Crippen LogP contribution is -2.58. The molecule has 0 amide bonds. The average molecular weight is 933 g/mol. The fourth-order valence-electron chi connectivity index (χ4n) is 10.6. The maximum Gasteiger partial charge on any atom is 0.117 e. The fourth-order valence-corrected chi connectivity index (χ4v) is 14.7. The fraction of sp³-hybridized carbons (Fsp3) is 0.0323. The topological polar surface area (TPSA) is 58.0 Å². The molecule has 0 saturated carbocycles. The van der Waals surface area contributed by atoms with Crippen LogP contribution in [0.1, 0.15) is 0 Å². The molecule has 0 bridgehead atoms. The van der Waals surface area contributed by atoms with Crippen molar-refractivity contribution in [2.45, 2.75) is 22.9 Å². The first-order chi connectivity index (χ1) is 34.5. The number of fused-ring (bicyclic) bond motifs is 10. The molecular weight excluding hydrogens is 889 g/mol. The molecule has 14 rings (SSSR count). The molecule has 332 valence electrons. The molecule has 0 fully saturated rings. The molecule has 0 N–H and O–H groups in total. The molecule has 0 aliphatic carbocycles. The SMILES string of the molecule is C[Si]1(C)c2ccccc2N(c2ccc(-c3cc4ncncc4c4ccccc34)cc2)c2ccccc21.c1ccc2c(c1)Sc1ccccc1N2c1ccc(-c2cc3ncncc3c3ccccc23)cc1. The standard InChI is InChI=1S/C32H25N3Si.C30H19N3S/c1-36(2)31-13-7-5-11-29(31)35(30-12-6-8-14-32(30)36)23-17-15-22(16-18-23)26-19-28-27(20-33-21-34-28)25-10-4-3-9-24(25)26;1-2-8-23-22(7-1)24(17-26-25(23)18-31-19-32-26)20-13-15-21(16-14-20)33-27-9-3-5-11-29(27)34-30-12-6-4-10-28(30)33/h3-21H,1-2H3;1-19H. The van der Waals surface area contributed by atoms with Crippen molar-refractivity contribution in [2.24, 2.45) is 0 Å². The quantitative estimate of drug-likeness (QED) is 0.129. The van der Waals surface area contributed by atoms with E-state index in [0.29, 0.717) is 0 Å². The number of benzene rings is 10. The van der Waals surface area contributed by atoms with Crippen molar-refractivity contribution >= 4 is 108 Å². The molecule has 6 nitrogen and oxygen atoms in total. The Hall–Kier alpha value is -8.43. The van der Waals surface area contributed by atoms with Gasteiger partial charge in [-0.25, -0.2) is 19.9 Å². The largest absolute Gasteiger partial charge is 0.311 e. The minimum Gasteiger partial charge on any atom is -0.311 e. The van der Waals surface area contributed by atoms with Gasteiger partial charge in [0.2, 0.25) is 0 Å². The molecule has 10 aromatic carbocycles. The summed E-state index contributed by atoms with van der Waals surface area (Å²) in [7, 11) is -1.78. The van der Waals surface area contributed by atoms with E-state index in [-0.39, 0.29) is 0 Å². The third-order valence-electron chi connectivity index (χ3n) is 14.0. The van der Waals surface area contributed by atoms with Crippen LogP contribution in [0.25, 0.3) is 65.6 Å². The first kappa shape index (κ1) is 41.7. The second kappa shape index (κ2) is 17.0. The van der Waals surface area contributed by atoms with E-state index in [4.69, 9.17) is 0 Å². The molecule has 2 aliphatic rings. The second-order valence-corrected chi connectivity index (χ2v) is 23.7. The highest BCUT2D eigenvalue weighted by Gasteiger charge is 2.38. The molecule has 70 heavy (non-hydrogen) atoms. The van der Waals surface area contributed by atoms with Gasteiger partial charge < -0.3 is 9.80 Å². The van der Waals surface area contributed by atoms with Crippen LogP contribution in [0.4, 0.5) is 34.1 Å². The lowest BCUT2D eigenvalue weighted by molar-refractivity contribution is 1.17. The summed E-state index contributed by atoms with van der Waals surface area (Å²) < 4.78 is 0. The van der Waals surface area contributed by atoms with E-state index in [1.165, 1.54) is 92.4 Å². The van der Waals surface area contributed by atoms with Crippen LogP contribution in [0.5, 0.6) is 0 Å². The van der Waals surface area contributed by atoms with Gasteiger partial charge in [0.15, 0.2) is 0 Å². The maximum atomic E-state index is 4.56. The summed E-state index contributed by atoms with van der Waals surface area (Å²) in [4.78, 5) is 24.9. The number of nitrogens with zero attached hydrogens (tertiary/aromatic N) is 6. The number of para-hydroxylation sites is 4. The average Bonchev–Trinajstić information content (AvgIpc) is 3.42. The third-order valence-corrected chi connectivity index (χ3v) is 18.7. The summed E-state index contributed by atoms with van der Waals surface area (Å²) in [6, 6.07) is 74.3. The van der Waals surface area contributed by atoms with Crippen LogP contribution in [0, 0.1) is 0 Å². The predicted octanol–water partition coefficient (Wildman–Crippen LogP) is 15.4. The Morgan fingerprint density at radius 2 is 0.743 bits per heavy atom. The van der Waals surface area contributed by atoms with Crippen molar-refractivity contribution in [1.29, 1.82) is 0 Å². The van der Waals surface area contributed by atoms with E-state index < -0.39 is 8.07 Å². The molecular formula is C62H44N6SSi. The number of rotatable bonds is 4. The zero-order valence-electron chi connectivity index (χ0n) is 38.5. The van der Waals surface area contributed by atoms with Crippen LogP contribution in [-0.4, -0.2) is 28.0 Å². The van der Waals surface area contributed by atoms with Crippen molar-refractivity contribution < 1.29 is 0 Å². The minimum atomic E-state index is -1.78. The molecule has 0 spiro atoms. The molecule has 2 aliphatic heterocycles. The van der Waals surface area contributed by atoms with Gasteiger partial charge in [-0.1, -0.05) is 158 Å². The molecule has 8 heteroatoms. The summed E-state index contributed by atoms with van der Waals surface area (Å²) in [6.45, 7) is 4.92. The van der Waals surface area contributed by atoms with Gasteiger partial charge in [-0.2, -0.15) is 0 Å². The molecule has 4 heterocycles. The number of aromatic nitrogens is 4. The highest BCUT2D eigenvalue weighted by molar-refractivity contribution is 7.99. The Balaban J connectivity index is 0.000000137. The zero-order valence-corrected chi connectivity index (χ0v) is 40.3. The van der Waals surface area contributed by atoms with Crippen molar-refractivity contribution in [1.82, 2.24) is 19.9 Å². The van der Waals surface area contributed by atoms with Crippen molar-refractivity contribution in [3.8, 4) is 22.3 Å². The minimum absolute atomic E-state index is 0.962. The van der Waals surface area contributed by atoms with Crippen LogP contribution in [0.15, 0.2) is 241 Å². The van der Waals surface area contributed by atoms with Gasteiger partial charge in [-0.15, -0.1) is 0 Å². The monoisotopic (exact) mass is 932 g/mol. The van der Waals surface area contributed by atoms with E-state index in [1.54, 1.807) is 12.7 Å². The molecule has 12 aromatic rings. The molecule has 0 unspecified atom stereocenters. The molecule has 0 saturated heterocycles. The van der Waals surface area contributed by atoms with Gasteiger partial charge in [0.05, 0.1) is 22.4 Å². The van der Waals surface area contributed by atoms with E-state index in [2.05, 4.69) is 249 Å². The predicted molar refractivity (Wildman–Crippen MR) is 295 cm³/mol. The van der Waals surface area contributed by atoms with E-state index in [9.17, 15) is 0 Å². The smallest absolute Gasteiger partial charge is 0.117 e.